The van der Waals surface area contributed by atoms with Crippen LogP contribution in [0.2, 0.25) is 0 Å². The summed E-state index contributed by atoms with van der Waals surface area (Å²) in [6.45, 7) is 2.27. The van der Waals surface area contributed by atoms with Crippen LogP contribution in [0.5, 0.6) is 0 Å². The maximum atomic E-state index is 12.4. The molecule has 2 heterocycles. The number of carbonyl (C=O) groups is 1. The summed E-state index contributed by atoms with van der Waals surface area (Å²) in [5.74, 6) is 0.0247. The van der Waals surface area contributed by atoms with Gasteiger partial charge in [-0.2, -0.15) is 10.1 Å². The fraction of sp³-hybridized carbons (Fsp3) is 0.640. The largest absolute Gasteiger partial charge is 0.399 e. The molecule has 0 aliphatic carbocycles. The first-order valence-corrected chi connectivity index (χ1v) is 13.0. The van der Waals surface area contributed by atoms with Crippen LogP contribution in [0.3, 0.4) is 0 Å². The van der Waals surface area contributed by atoms with Crippen molar-refractivity contribution in [1.82, 2.24) is 4.98 Å². The molecule has 1 aliphatic heterocycles. The van der Waals surface area contributed by atoms with E-state index in [9.17, 15) is 4.79 Å². The average molecular weight is 443 g/mol. The van der Waals surface area contributed by atoms with E-state index in [0.29, 0.717) is 17.2 Å². The summed E-state index contributed by atoms with van der Waals surface area (Å²) in [5.41, 5.74) is 8.41. The zero-order chi connectivity index (χ0) is 21.9. The number of rotatable bonds is 15. The molecule has 6 heteroatoms. The number of amides is 1. The summed E-state index contributed by atoms with van der Waals surface area (Å²) in [4.78, 5) is 17.0. The lowest BCUT2D eigenvalue weighted by Gasteiger charge is -2.05. The lowest BCUT2D eigenvalue weighted by Crippen LogP contribution is -2.19. The highest BCUT2D eigenvalue weighted by molar-refractivity contribution is 7.22. The number of thiazole rings is 1. The molecule has 0 unspecified atom stereocenters. The minimum absolute atomic E-state index is 0.0247. The van der Waals surface area contributed by atoms with Gasteiger partial charge in [-0.3, -0.25) is 4.79 Å². The zero-order valence-corrected chi connectivity index (χ0v) is 19.9. The lowest BCUT2D eigenvalue weighted by atomic mass is 10.0. The zero-order valence-electron chi connectivity index (χ0n) is 19.1. The maximum absolute atomic E-state index is 12.4. The van der Waals surface area contributed by atoms with Gasteiger partial charge in [0, 0.05) is 11.4 Å². The lowest BCUT2D eigenvalue weighted by molar-refractivity contribution is -0.116. The van der Waals surface area contributed by atoms with Crippen LogP contribution in [0.25, 0.3) is 10.2 Å². The maximum Gasteiger partial charge on any atom is 0.255 e. The summed E-state index contributed by atoms with van der Waals surface area (Å²) in [5, 5.41) is 6.70. The number of hydrazone groups is 1. The van der Waals surface area contributed by atoms with Gasteiger partial charge >= 0.3 is 0 Å². The van der Waals surface area contributed by atoms with Gasteiger partial charge in [0.15, 0.2) is 0 Å². The molecule has 0 spiro atoms. The van der Waals surface area contributed by atoms with E-state index in [-0.39, 0.29) is 5.91 Å². The average Bonchev–Trinajstić information content (AvgIpc) is 3.33. The molecule has 1 amide bonds. The van der Waals surface area contributed by atoms with Crippen molar-refractivity contribution in [2.24, 2.45) is 5.10 Å². The summed E-state index contributed by atoms with van der Waals surface area (Å²) in [6.07, 6.45) is 18.9. The van der Waals surface area contributed by atoms with Gasteiger partial charge in [0.05, 0.1) is 16.6 Å². The second kappa shape index (κ2) is 12.8. The number of aromatic nitrogens is 1. The summed E-state index contributed by atoms with van der Waals surface area (Å²) >= 11 is 1.47. The van der Waals surface area contributed by atoms with Gasteiger partial charge in [-0.25, -0.2) is 4.98 Å². The minimum atomic E-state index is 0.0247. The van der Waals surface area contributed by atoms with E-state index in [0.717, 1.165) is 28.8 Å². The first kappa shape index (κ1) is 23.7. The van der Waals surface area contributed by atoms with Crippen LogP contribution in [-0.4, -0.2) is 16.6 Å². The Bertz CT molecular complexity index is 860. The second-order valence-electron chi connectivity index (χ2n) is 8.76. The van der Waals surface area contributed by atoms with Crippen LogP contribution in [0, 0.1) is 0 Å². The molecular formula is C25H38N4OS. The smallest absolute Gasteiger partial charge is 0.255 e. The molecule has 0 saturated heterocycles. The van der Waals surface area contributed by atoms with E-state index >= 15 is 0 Å². The number of nitrogens with two attached hydrogens (primary N) is 1. The third kappa shape index (κ3) is 7.60. The monoisotopic (exact) mass is 442 g/mol. The topological polar surface area (TPSA) is 71.6 Å². The predicted octanol–water partition coefficient (Wildman–Crippen LogP) is 7.45. The quantitative estimate of drug-likeness (QED) is 0.230. The highest BCUT2D eigenvalue weighted by Gasteiger charge is 2.27. The number of fused-ring (bicyclic) bond motifs is 1. The Kier molecular flexibility index (Phi) is 9.79. The molecule has 0 atom stereocenters. The van der Waals surface area contributed by atoms with E-state index < -0.39 is 0 Å². The summed E-state index contributed by atoms with van der Waals surface area (Å²) < 4.78 is 0.989. The Balaban J connectivity index is 1.28. The van der Waals surface area contributed by atoms with Gasteiger partial charge < -0.3 is 5.73 Å². The van der Waals surface area contributed by atoms with Crippen molar-refractivity contribution in [3.63, 3.8) is 0 Å². The molecule has 0 fully saturated rings. The molecular weight excluding hydrogens is 404 g/mol. The number of hydrogen-bond donors (Lipinski definition) is 1. The molecule has 5 nitrogen and oxygen atoms in total. The molecule has 0 saturated carbocycles. The minimum Gasteiger partial charge on any atom is -0.399 e. The molecule has 2 N–H and O–H groups in total. The molecule has 0 bridgehead atoms. The number of benzene rings is 1. The number of nitrogen functional groups attached to an aromatic ring is 1. The molecule has 1 aliphatic rings. The summed E-state index contributed by atoms with van der Waals surface area (Å²) in [7, 11) is 0. The Labute approximate surface area is 191 Å². The Morgan fingerprint density at radius 2 is 1.55 bits per heavy atom. The molecule has 3 rings (SSSR count). The van der Waals surface area contributed by atoms with Crippen molar-refractivity contribution in [2.45, 2.75) is 103 Å². The van der Waals surface area contributed by atoms with Gasteiger partial charge in [-0.15, -0.1) is 0 Å². The molecule has 1 aromatic carbocycles. The van der Waals surface area contributed by atoms with Gasteiger partial charge in [0.25, 0.3) is 5.91 Å². The van der Waals surface area contributed by atoms with E-state index in [4.69, 9.17) is 5.73 Å². The van der Waals surface area contributed by atoms with E-state index in [1.54, 1.807) is 0 Å². The molecule has 1 aromatic heterocycles. The van der Waals surface area contributed by atoms with E-state index in [2.05, 4.69) is 17.0 Å². The van der Waals surface area contributed by atoms with E-state index in [1.165, 1.54) is 93.4 Å². The Morgan fingerprint density at radius 1 is 0.935 bits per heavy atom. The number of anilines is 2. The highest BCUT2D eigenvalue weighted by atomic mass is 32.1. The SMILES string of the molecule is CCCCCCCCCCCCCCCC1=NN(c2nc3ccc(N)cc3s2)C(=O)C1. The Morgan fingerprint density at radius 3 is 2.19 bits per heavy atom. The van der Waals surface area contributed by atoms with Crippen molar-refractivity contribution in [1.29, 1.82) is 0 Å². The van der Waals surface area contributed by atoms with Gasteiger partial charge in [0.2, 0.25) is 5.13 Å². The molecule has 31 heavy (non-hydrogen) atoms. The highest BCUT2D eigenvalue weighted by Crippen LogP contribution is 2.32. The first-order chi connectivity index (χ1) is 15.2. The van der Waals surface area contributed by atoms with Crippen LogP contribution in [0.1, 0.15) is 103 Å². The van der Waals surface area contributed by atoms with Crippen LogP contribution in [-0.2, 0) is 4.79 Å². The summed E-state index contributed by atoms with van der Waals surface area (Å²) in [6, 6.07) is 5.62. The van der Waals surface area contributed by atoms with Crippen molar-refractivity contribution in [2.75, 3.05) is 10.7 Å². The second-order valence-corrected chi connectivity index (χ2v) is 9.77. The first-order valence-electron chi connectivity index (χ1n) is 12.2. The number of nitrogens with zero attached hydrogens (tertiary/aromatic N) is 3. The molecule has 2 aromatic rings. The number of hydrogen-bond acceptors (Lipinski definition) is 5. The van der Waals surface area contributed by atoms with Crippen LogP contribution in [0.4, 0.5) is 10.8 Å². The number of unbranched alkanes of at least 4 members (excludes halogenated alkanes) is 12. The predicted molar refractivity (Wildman–Crippen MR) is 134 cm³/mol. The van der Waals surface area contributed by atoms with Crippen molar-refractivity contribution >= 4 is 44.0 Å². The third-order valence-electron chi connectivity index (χ3n) is 5.98. The molecule has 170 valence electrons. The van der Waals surface area contributed by atoms with Crippen molar-refractivity contribution in [3.05, 3.63) is 18.2 Å². The van der Waals surface area contributed by atoms with Crippen LogP contribution < -0.4 is 10.7 Å². The standard InChI is InChI=1S/C25H38N4OS/c1-2-3-4-5-6-7-8-9-10-11-12-13-14-15-21-19-24(30)29(28-21)25-27-22-17-16-20(26)18-23(22)31-25/h16-18H,2-15,19,26H2,1H3. The number of carbonyl (C=O) groups excluding carboxylic acids is 1. The normalized spacial score (nSPS) is 14.0. The Hall–Kier alpha value is -1.95. The third-order valence-corrected chi connectivity index (χ3v) is 6.98. The molecule has 0 radical (unpaired) electrons. The van der Waals surface area contributed by atoms with Gasteiger partial charge in [-0.05, 0) is 31.0 Å². The fourth-order valence-electron chi connectivity index (χ4n) is 4.14. The van der Waals surface area contributed by atoms with Crippen molar-refractivity contribution < 1.29 is 4.79 Å². The fourth-order valence-corrected chi connectivity index (χ4v) is 5.12. The van der Waals surface area contributed by atoms with Gasteiger partial charge in [-0.1, -0.05) is 95.3 Å². The van der Waals surface area contributed by atoms with Crippen LogP contribution >= 0.6 is 11.3 Å². The van der Waals surface area contributed by atoms with E-state index in [1.807, 2.05) is 18.2 Å². The van der Waals surface area contributed by atoms with Crippen LogP contribution in [0.15, 0.2) is 23.3 Å². The van der Waals surface area contributed by atoms with Gasteiger partial charge in [0.1, 0.15) is 0 Å². The van der Waals surface area contributed by atoms with Crippen molar-refractivity contribution in [3.8, 4) is 0 Å².